The van der Waals surface area contributed by atoms with E-state index in [2.05, 4.69) is 15.3 Å². The minimum Gasteiger partial charge on any atom is -0.350 e. The Morgan fingerprint density at radius 3 is 2.69 bits per heavy atom. The summed E-state index contributed by atoms with van der Waals surface area (Å²) in [6, 6.07) is 7.35. The van der Waals surface area contributed by atoms with E-state index in [9.17, 15) is 19.7 Å². The summed E-state index contributed by atoms with van der Waals surface area (Å²) in [5, 5.41) is 18.2. The van der Waals surface area contributed by atoms with Gasteiger partial charge in [0, 0.05) is 24.4 Å². The molecule has 0 saturated carbocycles. The van der Waals surface area contributed by atoms with Gasteiger partial charge in [-0.25, -0.2) is 4.68 Å². The molecule has 2 aromatic rings. The molecule has 9 nitrogen and oxygen atoms in total. The molecule has 1 aliphatic heterocycles. The number of likely N-dealkylation sites (tertiary alicyclic amines) is 1. The van der Waals surface area contributed by atoms with Crippen molar-refractivity contribution in [2.24, 2.45) is 0 Å². The highest BCUT2D eigenvalue weighted by Gasteiger charge is 2.20. The molecule has 0 spiro atoms. The van der Waals surface area contributed by atoms with Crippen molar-refractivity contribution in [2.75, 3.05) is 26.2 Å². The summed E-state index contributed by atoms with van der Waals surface area (Å²) in [7, 11) is 0. The number of para-hydroxylation sites is 2. The lowest BCUT2D eigenvalue weighted by Crippen LogP contribution is -2.35. The third-order valence-electron chi connectivity index (χ3n) is 5.01. The highest BCUT2D eigenvalue weighted by molar-refractivity contribution is 5.92. The number of aromatic nitrogens is 2. The Kier molecular flexibility index (Phi) is 6.71. The summed E-state index contributed by atoms with van der Waals surface area (Å²) in [4.78, 5) is 38.0. The number of benzene rings is 1. The van der Waals surface area contributed by atoms with Gasteiger partial charge in [-0.3, -0.25) is 19.7 Å². The number of rotatable bonds is 7. The first-order valence-electron chi connectivity index (χ1n) is 9.82. The monoisotopic (exact) mass is 399 g/mol. The van der Waals surface area contributed by atoms with Gasteiger partial charge in [0.25, 0.3) is 11.6 Å². The SMILES string of the molecule is Cc1cc(=O)c(C(=O)NCCCN2CCCCC2)nn1-c1ccccc1[N+](=O)[O-]. The van der Waals surface area contributed by atoms with Gasteiger partial charge >= 0.3 is 0 Å². The van der Waals surface area contributed by atoms with Gasteiger partial charge in [-0.05, 0) is 51.9 Å². The van der Waals surface area contributed by atoms with Crippen molar-refractivity contribution in [3.8, 4) is 5.69 Å². The molecule has 0 aliphatic carbocycles. The van der Waals surface area contributed by atoms with E-state index in [4.69, 9.17) is 0 Å². The number of hydrogen-bond donors (Lipinski definition) is 1. The minimum absolute atomic E-state index is 0.153. The van der Waals surface area contributed by atoms with E-state index in [1.54, 1.807) is 19.1 Å². The Hall–Kier alpha value is -3.07. The predicted octanol–water partition coefficient (Wildman–Crippen LogP) is 2.05. The smallest absolute Gasteiger partial charge is 0.294 e. The van der Waals surface area contributed by atoms with Crippen molar-refractivity contribution >= 4 is 11.6 Å². The van der Waals surface area contributed by atoms with E-state index in [0.717, 1.165) is 26.1 Å². The fraction of sp³-hybridized carbons (Fsp3) is 0.450. The van der Waals surface area contributed by atoms with Crippen LogP contribution in [0.15, 0.2) is 35.1 Å². The first-order valence-corrected chi connectivity index (χ1v) is 9.82. The van der Waals surface area contributed by atoms with Crippen LogP contribution >= 0.6 is 0 Å². The van der Waals surface area contributed by atoms with Crippen LogP contribution in [-0.2, 0) is 0 Å². The van der Waals surface area contributed by atoms with Crippen LogP contribution in [0, 0.1) is 17.0 Å². The van der Waals surface area contributed by atoms with Crippen LogP contribution in [0.3, 0.4) is 0 Å². The lowest BCUT2D eigenvalue weighted by molar-refractivity contribution is -0.384. The molecule has 1 saturated heterocycles. The zero-order valence-corrected chi connectivity index (χ0v) is 16.5. The van der Waals surface area contributed by atoms with Gasteiger partial charge in [-0.2, -0.15) is 5.10 Å². The highest BCUT2D eigenvalue weighted by atomic mass is 16.6. The number of aryl methyl sites for hydroxylation is 1. The Balaban J connectivity index is 1.73. The van der Waals surface area contributed by atoms with E-state index in [1.165, 1.54) is 42.1 Å². The van der Waals surface area contributed by atoms with Crippen molar-refractivity contribution in [1.29, 1.82) is 0 Å². The van der Waals surface area contributed by atoms with Crippen LogP contribution < -0.4 is 10.7 Å². The van der Waals surface area contributed by atoms with Crippen LogP contribution in [0.25, 0.3) is 5.69 Å². The maximum Gasteiger partial charge on any atom is 0.294 e. The summed E-state index contributed by atoms with van der Waals surface area (Å²) in [6.45, 7) is 5.14. The van der Waals surface area contributed by atoms with Crippen LogP contribution in [0.1, 0.15) is 41.9 Å². The summed E-state index contributed by atoms with van der Waals surface area (Å²) >= 11 is 0. The number of nitro benzene ring substituents is 1. The highest BCUT2D eigenvalue weighted by Crippen LogP contribution is 2.22. The summed E-state index contributed by atoms with van der Waals surface area (Å²) < 4.78 is 1.27. The van der Waals surface area contributed by atoms with Crippen molar-refractivity contribution in [3.63, 3.8) is 0 Å². The van der Waals surface area contributed by atoms with Gasteiger partial charge in [-0.15, -0.1) is 0 Å². The largest absolute Gasteiger partial charge is 0.350 e. The lowest BCUT2D eigenvalue weighted by atomic mass is 10.1. The first kappa shape index (κ1) is 20.7. The third kappa shape index (κ3) is 5.05. The maximum absolute atomic E-state index is 12.5. The van der Waals surface area contributed by atoms with Gasteiger partial charge in [0.1, 0.15) is 5.69 Å². The summed E-state index contributed by atoms with van der Waals surface area (Å²) in [6.07, 6.45) is 4.49. The second-order valence-corrected chi connectivity index (χ2v) is 7.17. The van der Waals surface area contributed by atoms with E-state index in [0.29, 0.717) is 12.2 Å². The number of piperidine rings is 1. The van der Waals surface area contributed by atoms with Gasteiger partial charge in [0.2, 0.25) is 5.43 Å². The van der Waals surface area contributed by atoms with Crippen LogP contribution in [0.5, 0.6) is 0 Å². The van der Waals surface area contributed by atoms with Gasteiger partial charge in [-0.1, -0.05) is 18.6 Å². The number of hydrogen-bond acceptors (Lipinski definition) is 6. The molecule has 0 radical (unpaired) electrons. The Morgan fingerprint density at radius 1 is 1.24 bits per heavy atom. The molecule has 3 rings (SSSR count). The number of carbonyl (C=O) groups is 1. The van der Waals surface area contributed by atoms with E-state index < -0.39 is 16.3 Å². The van der Waals surface area contributed by atoms with E-state index >= 15 is 0 Å². The molecular weight excluding hydrogens is 374 g/mol. The van der Waals surface area contributed by atoms with Gasteiger partial charge < -0.3 is 10.2 Å². The molecule has 0 atom stereocenters. The average molecular weight is 399 g/mol. The molecular formula is C20H25N5O4. The van der Waals surface area contributed by atoms with Crippen LogP contribution in [0.2, 0.25) is 0 Å². The normalized spacial score (nSPS) is 14.5. The Morgan fingerprint density at radius 2 is 1.97 bits per heavy atom. The van der Waals surface area contributed by atoms with Gasteiger partial charge in [0.15, 0.2) is 5.69 Å². The van der Waals surface area contributed by atoms with Crippen LogP contribution in [0.4, 0.5) is 5.69 Å². The molecule has 1 aromatic carbocycles. The second kappa shape index (κ2) is 9.42. The number of nitrogens with one attached hydrogen (secondary N) is 1. The molecule has 154 valence electrons. The lowest BCUT2D eigenvalue weighted by Gasteiger charge is -2.26. The van der Waals surface area contributed by atoms with E-state index in [-0.39, 0.29) is 17.1 Å². The van der Waals surface area contributed by atoms with Crippen molar-refractivity contribution in [1.82, 2.24) is 20.0 Å². The topological polar surface area (TPSA) is 110 Å². The maximum atomic E-state index is 12.5. The molecule has 1 aromatic heterocycles. The minimum atomic E-state index is -0.569. The zero-order chi connectivity index (χ0) is 20.8. The fourth-order valence-corrected chi connectivity index (χ4v) is 3.52. The standard InChI is InChI=1S/C20H25N5O4/c1-15-14-18(26)19(20(27)21-10-7-13-23-11-5-2-6-12-23)22-24(15)16-8-3-4-9-17(16)25(28)29/h3-4,8-9,14H,2,5-7,10-13H2,1H3,(H,21,27). The fourth-order valence-electron chi connectivity index (χ4n) is 3.52. The average Bonchev–Trinajstić information content (AvgIpc) is 2.72. The van der Waals surface area contributed by atoms with Crippen LogP contribution in [-0.4, -0.2) is 51.7 Å². The predicted molar refractivity (Wildman–Crippen MR) is 108 cm³/mol. The second-order valence-electron chi connectivity index (χ2n) is 7.17. The Bertz CT molecular complexity index is 950. The first-order chi connectivity index (χ1) is 14.0. The molecule has 0 bridgehead atoms. The van der Waals surface area contributed by atoms with Crippen molar-refractivity contribution in [3.05, 3.63) is 62.1 Å². The molecule has 1 aliphatic rings. The molecule has 9 heteroatoms. The number of amides is 1. The number of nitro groups is 1. The molecule has 0 unspecified atom stereocenters. The van der Waals surface area contributed by atoms with E-state index in [1.807, 2.05) is 0 Å². The van der Waals surface area contributed by atoms with Crippen molar-refractivity contribution < 1.29 is 9.72 Å². The molecule has 29 heavy (non-hydrogen) atoms. The quantitative estimate of drug-likeness (QED) is 0.433. The molecule has 2 heterocycles. The zero-order valence-electron chi connectivity index (χ0n) is 16.5. The number of carbonyl (C=O) groups excluding carboxylic acids is 1. The molecule has 1 N–H and O–H groups in total. The number of nitrogens with zero attached hydrogens (tertiary/aromatic N) is 4. The molecule has 1 fully saturated rings. The summed E-state index contributed by atoms with van der Waals surface area (Å²) in [5.74, 6) is -0.569. The molecule has 1 amide bonds. The third-order valence-corrected chi connectivity index (χ3v) is 5.01. The van der Waals surface area contributed by atoms with Gasteiger partial charge in [0.05, 0.1) is 4.92 Å². The summed E-state index contributed by atoms with van der Waals surface area (Å²) in [5.41, 5.74) is -0.322. The Labute approximate surface area is 168 Å². The van der Waals surface area contributed by atoms with Crippen molar-refractivity contribution in [2.45, 2.75) is 32.6 Å².